The fourth-order valence-electron chi connectivity index (χ4n) is 1.70. The van der Waals surface area contributed by atoms with Crippen molar-refractivity contribution >= 4 is 11.7 Å². The number of hydrogen-bond acceptors (Lipinski definition) is 5. The van der Waals surface area contributed by atoms with Crippen molar-refractivity contribution in [3.05, 3.63) is 47.4 Å². The molecule has 104 valence electrons. The largest absolute Gasteiger partial charge is 0.369 e. The lowest BCUT2D eigenvalue weighted by molar-refractivity contribution is 0.0945. The molecule has 1 amide bonds. The van der Waals surface area contributed by atoms with Gasteiger partial charge in [0.15, 0.2) is 5.69 Å². The Bertz CT molecular complexity index is 582. The number of aryl methyl sites for hydroxylation is 1. The minimum atomic E-state index is -0.239. The maximum Gasteiger partial charge on any atom is 0.272 e. The molecule has 0 aromatic carbocycles. The van der Waals surface area contributed by atoms with Crippen molar-refractivity contribution in [2.75, 3.05) is 11.9 Å². The molecule has 20 heavy (non-hydrogen) atoms. The Morgan fingerprint density at radius 2 is 2.10 bits per heavy atom. The highest BCUT2D eigenvalue weighted by Gasteiger charge is 2.08. The van der Waals surface area contributed by atoms with Crippen molar-refractivity contribution in [1.29, 1.82) is 0 Å². The van der Waals surface area contributed by atoms with Crippen molar-refractivity contribution in [2.24, 2.45) is 0 Å². The molecule has 6 nitrogen and oxygen atoms in total. The SMILES string of the molecule is CCNc1ccc(C(=O)NCc2ccncc2C)nn1. The molecular weight excluding hydrogens is 254 g/mol. The first-order chi connectivity index (χ1) is 9.70. The predicted octanol–water partition coefficient (Wildman–Crippen LogP) is 1.54. The van der Waals surface area contributed by atoms with Crippen LogP contribution in [0.2, 0.25) is 0 Å². The van der Waals surface area contributed by atoms with Gasteiger partial charge in [0, 0.05) is 25.5 Å². The highest BCUT2D eigenvalue weighted by Crippen LogP contribution is 2.05. The first-order valence-corrected chi connectivity index (χ1v) is 6.46. The van der Waals surface area contributed by atoms with Crippen LogP contribution in [0.5, 0.6) is 0 Å². The number of carbonyl (C=O) groups is 1. The second-order valence-corrected chi connectivity index (χ2v) is 4.32. The molecule has 0 saturated carbocycles. The maximum absolute atomic E-state index is 11.9. The monoisotopic (exact) mass is 271 g/mol. The fraction of sp³-hybridized carbons (Fsp3) is 0.286. The van der Waals surface area contributed by atoms with Crippen LogP contribution in [0.15, 0.2) is 30.6 Å². The summed E-state index contributed by atoms with van der Waals surface area (Å²) in [7, 11) is 0. The van der Waals surface area contributed by atoms with Gasteiger partial charge in [0.2, 0.25) is 0 Å². The van der Waals surface area contributed by atoms with Crippen molar-refractivity contribution in [3.8, 4) is 0 Å². The van der Waals surface area contributed by atoms with Gasteiger partial charge in [-0.25, -0.2) is 0 Å². The first kappa shape index (κ1) is 13.9. The molecule has 0 spiro atoms. The summed E-state index contributed by atoms with van der Waals surface area (Å²) in [6.07, 6.45) is 3.48. The molecule has 2 aromatic rings. The van der Waals surface area contributed by atoms with Crippen LogP contribution < -0.4 is 10.6 Å². The zero-order chi connectivity index (χ0) is 14.4. The van der Waals surface area contributed by atoms with E-state index in [1.165, 1.54) is 0 Å². The highest BCUT2D eigenvalue weighted by atomic mass is 16.1. The molecule has 0 atom stereocenters. The van der Waals surface area contributed by atoms with Crippen LogP contribution in [0.3, 0.4) is 0 Å². The van der Waals surface area contributed by atoms with E-state index in [2.05, 4.69) is 25.8 Å². The third-order valence-electron chi connectivity index (χ3n) is 2.83. The van der Waals surface area contributed by atoms with Gasteiger partial charge in [-0.1, -0.05) is 0 Å². The van der Waals surface area contributed by atoms with Gasteiger partial charge in [-0.2, -0.15) is 0 Å². The number of nitrogens with one attached hydrogen (secondary N) is 2. The van der Waals surface area contributed by atoms with Gasteiger partial charge >= 0.3 is 0 Å². The molecule has 0 aliphatic rings. The van der Waals surface area contributed by atoms with Gasteiger partial charge in [0.05, 0.1) is 0 Å². The number of aromatic nitrogens is 3. The minimum Gasteiger partial charge on any atom is -0.369 e. The number of hydrogen-bond donors (Lipinski definition) is 2. The van der Waals surface area contributed by atoms with E-state index in [1.807, 2.05) is 19.9 Å². The summed E-state index contributed by atoms with van der Waals surface area (Å²) in [4.78, 5) is 16.0. The van der Waals surface area contributed by atoms with E-state index in [0.29, 0.717) is 18.1 Å². The first-order valence-electron chi connectivity index (χ1n) is 6.46. The second kappa shape index (κ2) is 6.60. The number of pyridine rings is 1. The van der Waals surface area contributed by atoms with Crippen molar-refractivity contribution < 1.29 is 4.79 Å². The van der Waals surface area contributed by atoms with E-state index in [0.717, 1.165) is 17.7 Å². The summed E-state index contributed by atoms with van der Waals surface area (Å²) in [5.41, 5.74) is 2.38. The fourth-order valence-corrected chi connectivity index (χ4v) is 1.70. The van der Waals surface area contributed by atoms with Crippen LogP contribution in [0, 0.1) is 6.92 Å². The van der Waals surface area contributed by atoms with Crippen molar-refractivity contribution in [1.82, 2.24) is 20.5 Å². The van der Waals surface area contributed by atoms with Crippen molar-refractivity contribution in [2.45, 2.75) is 20.4 Å². The van der Waals surface area contributed by atoms with Gasteiger partial charge in [-0.3, -0.25) is 9.78 Å². The Labute approximate surface area is 117 Å². The summed E-state index contributed by atoms with van der Waals surface area (Å²) in [5.74, 6) is 0.422. The number of amides is 1. The number of rotatable bonds is 5. The molecule has 2 N–H and O–H groups in total. The quantitative estimate of drug-likeness (QED) is 0.862. The number of carbonyl (C=O) groups excluding carboxylic acids is 1. The number of anilines is 1. The van der Waals surface area contributed by atoms with Crippen LogP contribution in [0.4, 0.5) is 5.82 Å². The van der Waals surface area contributed by atoms with Gasteiger partial charge < -0.3 is 10.6 Å². The molecule has 0 radical (unpaired) electrons. The summed E-state index contributed by atoms with van der Waals surface area (Å²) < 4.78 is 0. The van der Waals surface area contributed by atoms with Gasteiger partial charge in [-0.15, -0.1) is 10.2 Å². The van der Waals surface area contributed by atoms with Crippen molar-refractivity contribution in [3.63, 3.8) is 0 Å². The Morgan fingerprint density at radius 3 is 2.75 bits per heavy atom. The Kier molecular flexibility index (Phi) is 4.60. The van der Waals surface area contributed by atoms with E-state index in [1.54, 1.807) is 24.5 Å². The molecule has 0 unspecified atom stereocenters. The third kappa shape index (κ3) is 3.50. The van der Waals surface area contributed by atoms with Crippen LogP contribution in [-0.2, 0) is 6.54 Å². The molecule has 2 aromatic heterocycles. The topological polar surface area (TPSA) is 79.8 Å². The van der Waals surface area contributed by atoms with E-state index in [9.17, 15) is 4.79 Å². The van der Waals surface area contributed by atoms with Crippen LogP contribution in [0.25, 0.3) is 0 Å². The highest BCUT2D eigenvalue weighted by molar-refractivity contribution is 5.92. The molecule has 2 rings (SSSR count). The van der Waals surface area contributed by atoms with Gasteiger partial charge in [0.1, 0.15) is 5.82 Å². The molecule has 2 heterocycles. The molecule has 0 fully saturated rings. The van der Waals surface area contributed by atoms with E-state index < -0.39 is 0 Å². The van der Waals surface area contributed by atoms with Crippen LogP contribution >= 0.6 is 0 Å². The zero-order valence-corrected chi connectivity index (χ0v) is 11.6. The van der Waals surface area contributed by atoms with Gasteiger partial charge in [0.25, 0.3) is 5.91 Å². The Balaban J connectivity index is 1.96. The lowest BCUT2D eigenvalue weighted by atomic mass is 10.1. The van der Waals surface area contributed by atoms with E-state index in [4.69, 9.17) is 0 Å². The summed E-state index contributed by atoms with van der Waals surface area (Å²) in [6, 6.07) is 5.28. The molecule has 0 aliphatic heterocycles. The Hall–Kier alpha value is -2.50. The standard InChI is InChI=1S/C14H17N5O/c1-3-16-13-5-4-12(18-19-13)14(20)17-9-11-6-7-15-8-10(11)2/h4-8H,3,9H2,1-2H3,(H,16,19)(H,17,20). The average molecular weight is 271 g/mol. The van der Waals surface area contributed by atoms with E-state index >= 15 is 0 Å². The molecule has 0 aliphatic carbocycles. The zero-order valence-electron chi connectivity index (χ0n) is 11.6. The number of nitrogens with zero attached hydrogens (tertiary/aromatic N) is 3. The third-order valence-corrected chi connectivity index (χ3v) is 2.83. The lowest BCUT2D eigenvalue weighted by Gasteiger charge is -2.07. The van der Waals surface area contributed by atoms with Gasteiger partial charge in [-0.05, 0) is 43.2 Å². The minimum absolute atomic E-state index is 0.239. The molecule has 0 bridgehead atoms. The summed E-state index contributed by atoms with van der Waals surface area (Å²) in [5, 5.41) is 13.7. The molecular formula is C14H17N5O. The molecule has 0 saturated heterocycles. The second-order valence-electron chi connectivity index (χ2n) is 4.32. The average Bonchev–Trinajstić information content (AvgIpc) is 2.47. The molecule has 6 heteroatoms. The smallest absolute Gasteiger partial charge is 0.272 e. The maximum atomic E-state index is 11.9. The Morgan fingerprint density at radius 1 is 1.25 bits per heavy atom. The predicted molar refractivity (Wildman–Crippen MR) is 76.3 cm³/mol. The van der Waals surface area contributed by atoms with E-state index in [-0.39, 0.29) is 5.91 Å². The lowest BCUT2D eigenvalue weighted by Crippen LogP contribution is -2.24. The van der Waals surface area contributed by atoms with Crippen LogP contribution in [-0.4, -0.2) is 27.6 Å². The summed E-state index contributed by atoms with van der Waals surface area (Å²) >= 11 is 0. The normalized spacial score (nSPS) is 10.1. The summed E-state index contributed by atoms with van der Waals surface area (Å²) in [6.45, 7) is 5.14. The van der Waals surface area contributed by atoms with Crippen LogP contribution in [0.1, 0.15) is 28.5 Å².